The number of likely N-dealkylation sites (N-methyl/N-ethyl adjacent to an activating group) is 2. The van der Waals surface area contributed by atoms with Crippen molar-refractivity contribution in [2.24, 2.45) is 0 Å². The Morgan fingerprint density at radius 1 is 0.720 bits per heavy atom. The Morgan fingerprint density at radius 3 is 1.12 bits per heavy atom. The van der Waals surface area contributed by atoms with E-state index in [1.165, 1.54) is 38.8 Å². The van der Waals surface area contributed by atoms with Crippen LogP contribution in [-0.4, -0.2) is 104 Å². The molecule has 0 aliphatic carbocycles. The van der Waals surface area contributed by atoms with E-state index in [1.807, 2.05) is 0 Å². The van der Waals surface area contributed by atoms with Gasteiger partial charge >= 0.3 is 0 Å². The van der Waals surface area contributed by atoms with Crippen LogP contribution in [0.15, 0.2) is 0 Å². The first-order chi connectivity index (χ1) is 11.2. The third-order valence-electron chi connectivity index (χ3n) is 3.64. The molecule has 0 aromatic rings. The molecule has 0 spiro atoms. The smallest absolute Gasteiger partial charge is 0.102 e. The first-order valence-electron chi connectivity index (χ1n) is 8.77. The van der Waals surface area contributed by atoms with Crippen molar-refractivity contribution in [2.75, 3.05) is 67.6 Å². The SMILES string of the molecule is CCCC[N+](C)(C)CCO.CCCC[N+](C)(C)CCO.O=S(=O)([O-])[O-]. The summed E-state index contributed by atoms with van der Waals surface area (Å²) in [5.41, 5.74) is 0. The van der Waals surface area contributed by atoms with Gasteiger partial charge in [-0.2, -0.15) is 0 Å². The minimum atomic E-state index is -5.17. The molecular weight excluding hydrogens is 348 g/mol. The van der Waals surface area contributed by atoms with Crippen LogP contribution in [0.4, 0.5) is 0 Å². The highest BCUT2D eigenvalue weighted by Crippen LogP contribution is 2.00. The lowest BCUT2D eigenvalue weighted by molar-refractivity contribution is -0.890. The molecule has 9 heteroatoms. The van der Waals surface area contributed by atoms with E-state index in [-0.39, 0.29) is 0 Å². The third-order valence-corrected chi connectivity index (χ3v) is 3.64. The molecule has 8 nitrogen and oxygen atoms in total. The van der Waals surface area contributed by atoms with Gasteiger partial charge in [0.2, 0.25) is 0 Å². The molecule has 0 rings (SSSR count). The Morgan fingerprint density at radius 2 is 0.960 bits per heavy atom. The van der Waals surface area contributed by atoms with Crippen molar-refractivity contribution in [1.82, 2.24) is 0 Å². The molecule has 0 heterocycles. The van der Waals surface area contributed by atoms with Gasteiger partial charge < -0.3 is 28.3 Å². The number of rotatable bonds is 10. The third kappa shape index (κ3) is 35.6. The van der Waals surface area contributed by atoms with Gasteiger partial charge in [-0.1, -0.05) is 26.7 Å². The molecule has 0 aliphatic rings. The van der Waals surface area contributed by atoms with Gasteiger partial charge in [-0.05, 0) is 12.8 Å². The van der Waals surface area contributed by atoms with E-state index in [0.717, 1.165) is 22.1 Å². The number of hydrogen-bond donors (Lipinski definition) is 2. The monoisotopic (exact) mass is 388 g/mol. The van der Waals surface area contributed by atoms with Crippen LogP contribution in [0.1, 0.15) is 39.5 Å². The zero-order chi connectivity index (χ0) is 20.6. The van der Waals surface area contributed by atoms with E-state index in [9.17, 15) is 0 Å². The average Bonchev–Trinajstić information content (AvgIpc) is 2.42. The van der Waals surface area contributed by atoms with Crippen molar-refractivity contribution in [3.8, 4) is 0 Å². The molecule has 0 fully saturated rings. The maximum Gasteiger partial charge on any atom is 0.102 e. The summed E-state index contributed by atoms with van der Waals surface area (Å²) in [5, 5.41) is 17.4. The van der Waals surface area contributed by atoms with E-state index in [2.05, 4.69) is 42.0 Å². The van der Waals surface area contributed by atoms with Crippen molar-refractivity contribution < 1.29 is 36.7 Å². The molecule has 0 aliphatic heterocycles. The highest BCUT2D eigenvalue weighted by atomic mass is 32.3. The number of nitrogens with zero attached hydrogens (tertiary/aromatic N) is 2. The molecule has 0 saturated carbocycles. The van der Waals surface area contributed by atoms with Crippen LogP contribution < -0.4 is 0 Å². The zero-order valence-electron chi connectivity index (χ0n) is 16.9. The molecular formula is C16H40N2O6S. The highest BCUT2D eigenvalue weighted by Gasteiger charge is 2.12. The average molecular weight is 389 g/mol. The predicted molar refractivity (Wildman–Crippen MR) is 98.1 cm³/mol. The summed E-state index contributed by atoms with van der Waals surface area (Å²) >= 11 is 0. The van der Waals surface area contributed by atoms with Gasteiger partial charge in [0.1, 0.15) is 13.1 Å². The Kier molecular flexibility index (Phi) is 18.8. The van der Waals surface area contributed by atoms with Gasteiger partial charge in [-0.15, -0.1) is 0 Å². The van der Waals surface area contributed by atoms with Crippen LogP contribution in [0, 0.1) is 0 Å². The quantitative estimate of drug-likeness (QED) is 0.317. The fourth-order valence-electron chi connectivity index (χ4n) is 1.94. The van der Waals surface area contributed by atoms with Gasteiger partial charge in [-0.3, -0.25) is 8.42 Å². The van der Waals surface area contributed by atoms with Crippen LogP contribution in [0.25, 0.3) is 0 Å². The van der Waals surface area contributed by atoms with Crippen LogP contribution in [0.2, 0.25) is 0 Å². The van der Waals surface area contributed by atoms with Gasteiger partial charge in [0.25, 0.3) is 0 Å². The number of unbranched alkanes of at least 4 members (excludes halogenated alkanes) is 2. The Labute approximate surface area is 154 Å². The van der Waals surface area contributed by atoms with Gasteiger partial charge in [0, 0.05) is 10.4 Å². The standard InChI is InChI=1S/2C8H20NO.H2O4S/c2*1-4-5-6-9(2,3)7-8-10;1-5(2,3)4/h2*10H,4-8H2,1-3H3;(H2,1,2,3,4)/q2*+1;/p-2. The zero-order valence-corrected chi connectivity index (χ0v) is 17.7. The molecule has 0 aromatic carbocycles. The number of aliphatic hydroxyl groups is 2. The van der Waals surface area contributed by atoms with Crippen LogP contribution in [0.3, 0.4) is 0 Å². The molecule has 156 valence electrons. The van der Waals surface area contributed by atoms with Gasteiger partial charge in [0.05, 0.1) is 54.5 Å². The van der Waals surface area contributed by atoms with Crippen molar-refractivity contribution in [1.29, 1.82) is 0 Å². The first-order valence-corrected chi connectivity index (χ1v) is 10.1. The van der Waals surface area contributed by atoms with Crippen LogP contribution in [0.5, 0.6) is 0 Å². The molecule has 0 saturated heterocycles. The van der Waals surface area contributed by atoms with E-state index in [1.54, 1.807) is 0 Å². The minimum absolute atomic E-state index is 0.302. The second kappa shape index (κ2) is 15.9. The summed E-state index contributed by atoms with van der Waals surface area (Å²) in [6, 6.07) is 0. The molecule has 0 atom stereocenters. The number of quaternary nitrogens is 2. The Hall–Kier alpha value is -0.290. The summed E-state index contributed by atoms with van der Waals surface area (Å²) in [6.45, 7) is 9.10. The topological polar surface area (TPSA) is 121 Å². The summed E-state index contributed by atoms with van der Waals surface area (Å²) < 4.78 is 36.0. The Bertz CT molecular complexity index is 356. The molecule has 0 amide bonds. The molecule has 2 N–H and O–H groups in total. The summed E-state index contributed by atoms with van der Waals surface area (Å²) in [6.07, 6.45) is 5.00. The summed E-state index contributed by atoms with van der Waals surface area (Å²) in [7, 11) is 3.47. The first kappa shape index (κ1) is 29.5. The molecule has 25 heavy (non-hydrogen) atoms. The van der Waals surface area contributed by atoms with Crippen LogP contribution >= 0.6 is 0 Å². The second-order valence-corrected chi connectivity index (χ2v) is 8.14. The largest absolute Gasteiger partial charge is 0.759 e. The summed E-state index contributed by atoms with van der Waals surface area (Å²) in [5.74, 6) is 0. The fourth-order valence-corrected chi connectivity index (χ4v) is 1.94. The van der Waals surface area contributed by atoms with Crippen molar-refractivity contribution in [3.63, 3.8) is 0 Å². The molecule has 0 aromatic heterocycles. The van der Waals surface area contributed by atoms with Crippen molar-refractivity contribution in [3.05, 3.63) is 0 Å². The second-order valence-electron chi connectivity index (χ2n) is 7.33. The maximum absolute atomic E-state index is 8.69. The Balaban J connectivity index is -0.000000308. The highest BCUT2D eigenvalue weighted by molar-refractivity contribution is 7.79. The normalized spacial score (nSPS) is 11.9. The van der Waals surface area contributed by atoms with E-state index in [0.29, 0.717) is 13.2 Å². The molecule has 0 bridgehead atoms. The number of aliphatic hydroxyl groups excluding tert-OH is 2. The van der Waals surface area contributed by atoms with Crippen molar-refractivity contribution >= 4 is 10.4 Å². The molecule has 0 unspecified atom stereocenters. The summed E-state index contributed by atoms with van der Waals surface area (Å²) in [4.78, 5) is 0. The minimum Gasteiger partial charge on any atom is -0.759 e. The fraction of sp³-hybridized carbons (Fsp3) is 1.00. The van der Waals surface area contributed by atoms with Crippen molar-refractivity contribution in [2.45, 2.75) is 39.5 Å². The van der Waals surface area contributed by atoms with Gasteiger partial charge in [-0.25, -0.2) is 0 Å². The lowest BCUT2D eigenvalue weighted by atomic mass is 10.3. The lowest BCUT2D eigenvalue weighted by Gasteiger charge is -2.28. The van der Waals surface area contributed by atoms with Gasteiger partial charge in [0.15, 0.2) is 0 Å². The van der Waals surface area contributed by atoms with E-state index in [4.69, 9.17) is 27.7 Å². The lowest BCUT2D eigenvalue weighted by Crippen LogP contribution is -2.42. The maximum atomic E-state index is 8.69. The van der Waals surface area contributed by atoms with Crippen LogP contribution in [-0.2, 0) is 10.4 Å². The molecule has 0 radical (unpaired) electrons. The number of hydrogen-bond acceptors (Lipinski definition) is 6. The van der Waals surface area contributed by atoms with E-state index >= 15 is 0 Å². The van der Waals surface area contributed by atoms with E-state index < -0.39 is 10.4 Å². The predicted octanol–water partition coefficient (Wildman–Crippen LogP) is 0.372.